The van der Waals surface area contributed by atoms with Crippen molar-refractivity contribution in [2.24, 2.45) is 5.92 Å². The smallest absolute Gasteiger partial charge is 0.0178 e. The van der Waals surface area contributed by atoms with Crippen molar-refractivity contribution in [1.29, 1.82) is 0 Å². The van der Waals surface area contributed by atoms with Crippen LogP contribution < -0.4 is 5.32 Å². The zero-order chi connectivity index (χ0) is 10.4. The van der Waals surface area contributed by atoms with Crippen LogP contribution in [0.15, 0.2) is 0 Å². The highest BCUT2D eigenvalue weighted by atomic mass is 32.2. The van der Waals surface area contributed by atoms with Gasteiger partial charge in [-0.25, -0.2) is 0 Å². The molecule has 1 N–H and O–H groups in total. The quantitative estimate of drug-likeness (QED) is 0.755. The van der Waals surface area contributed by atoms with Crippen LogP contribution in [-0.2, 0) is 0 Å². The number of thioether (sulfide) groups is 1. The second-order valence-electron chi connectivity index (χ2n) is 4.73. The molecule has 14 heavy (non-hydrogen) atoms. The van der Waals surface area contributed by atoms with Gasteiger partial charge in [0.25, 0.3) is 0 Å². The molecule has 0 amide bonds. The van der Waals surface area contributed by atoms with Crippen LogP contribution in [0, 0.1) is 5.92 Å². The van der Waals surface area contributed by atoms with E-state index in [0.29, 0.717) is 6.04 Å². The third-order valence-electron chi connectivity index (χ3n) is 3.24. The second-order valence-corrected chi connectivity index (χ2v) is 6.07. The Labute approximate surface area is 93.4 Å². The Balaban J connectivity index is 2.16. The minimum absolute atomic E-state index is 0.696. The van der Waals surface area contributed by atoms with Gasteiger partial charge in [0.05, 0.1) is 0 Å². The zero-order valence-electron chi connectivity index (χ0n) is 9.88. The summed E-state index contributed by atoms with van der Waals surface area (Å²) in [6, 6.07) is 0.696. The summed E-state index contributed by atoms with van der Waals surface area (Å²) in [5.41, 5.74) is 0. The van der Waals surface area contributed by atoms with E-state index >= 15 is 0 Å². The van der Waals surface area contributed by atoms with E-state index in [1.54, 1.807) is 0 Å². The predicted molar refractivity (Wildman–Crippen MR) is 67.0 cm³/mol. The van der Waals surface area contributed by atoms with E-state index < -0.39 is 0 Å². The monoisotopic (exact) mass is 215 g/mol. The van der Waals surface area contributed by atoms with Gasteiger partial charge in [0.1, 0.15) is 0 Å². The summed E-state index contributed by atoms with van der Waals surface area (Å²) < 4.78 is 0. The fraction of sp³-hybridized carbons (Fsp3) is 1.00. The van der Waals surface area contributed by atoms with Crippen LogP contribution in [0.1, 0.15) is 46.0 Å². The molecule has 1 aliphatic rings. The summed E-state index contributed by atoms with van der Waals surface area (Å²) in [5, 5.41) is 4.38. The van der Waals surface area contributed by atoms with Crippen molar-refractivity contribution in [3.63, 3.8) is 0 Å². The highest BCUT2D eigenvalue weighted by Gasteiger charge is 2.17. The number of hydrogen-bond acceptors (Lipinski definition) is 2. The van der Waals surface area contributed by atoms with Gasteiger partial charge >= 0.3 is 0 Å². The third-order valence-corrected chi connectivity index (χ3v) is 4.73. The van der Waals surface area contributed by atoms with Crippen molar-refractivity contribution >= 4 is 11.8 Å². The lowest BCUT2D eigenvalue weighted by atomic mass is 10.0. The van der Waals surface area contributed by atoms with Crippen LogP contribution >= 0.6 is 11.8 Å². The molecule has 0 radical (unpaired) electrons. The molecule has 1 aliphatic carbocycles. The van der Waals surface area contributed by atoms with E-state index in [1.165, 1.54) is 37.9 Å². The van der Waals surface area contributed by atoms with Crippen molar-refractivity contribution < 1.29 is 0 Å². The molecule has 1 saturated carbocycles. The van der Waals surface area contributed by atoms with E-state index in [9.17, 15) is 0 Å². The van der Waals surface area contributed by atoms with E-state index in [1.807, 2.05) is 0 Å². The lowest BCUT2D eigenvalue weighted by Crippen LogP contribution is -2.33. The molecule has 1 fully saturated rings. The molecule has 1 nitrogen and oxygen atoms in total. The molecule has 0 spiro atoms. The summed E-state index contributed by atoms with van der Waals surface area (Å²) in [4.78, 5) is 0. The van der Waals surface area contributed by atoms with Crippen LogP contribution in [0.4, 0.5) is 0 Å². The zero-order valence-corrected chi connectivity index (χ0v) is 10.7. The summed E-state index contributed by atoms with van der Waals surface area (Å²) in [6.07, 6.45) is 7.31. The van der Waals surface area contributed by atoms with Gasteiger partial charge in [-0.1, -0.05) is 33.1 Å². The average Bonchev–Trinajstić information content (AvgIpc) is 2.20. The van der Waals surface area contributed by atoms with Crippen LogP contribution in [0.25, 0.3) is 0 Å². The lowest BCUT2D eigenvalue weighted by Gasteiger charge is -2.25. The molecule has 0 aromatic rings. The minimum atomic E-state index is 0.696. The maximum Gasteiger partial charge on any atom is 0.0178 e. The fourth-order valence-electron chi connectivity index (χ4n) is 2.08. The first kappa shape index (κ1) is 12.4. The van der Waals surface area contributed by atoms with Gasteiger partial charge in [0, 0.05) is 17.0 Å². The van der Waals surface area contributed by atoms with E-state index in [0.717, 1.165) is 11.2 Å². The predicted octanol–water partition coefficient (Wildman–Crippen LogP) is 3.30. The van der Waals surface area contributed by atoms with Gasteiger partial charge < -0.3 is 5.32 Å². The van der Waals surface area contributed by atoms with Crippen LogP contribution in [0.2, 0.25) is 0 Å². The largest absolute Gasteiger partial charge is 0.316 e. The SMILES string of the molecule is CNC(CSC1CCCCC1)C(C)C. The minimum Gasteiger partial charge on any atom is -0.316 e. The summed E-state index contributed by atoms with van der Waals surface area (Å²) in [7, 11) is 2.09. The standard InChI is InChI=1S/C12H25NS/c1-10(2)12(13-3)9-14-11-7-5-4-6-8-11/h10-13H,4-9H2,1-3H3. The molecule has 1 atom stereocenters. The van der Waals surface area contributed by atoms with Crippen LogP contribution in [0.5, 0.6) is 0 Å². The highest BCUT2D eigenvalue weighted by molar-refractivity contribution is 7.99. The number of nitrogens with one attached hydrogen (secondary N) is 1. The first-order valence-electron chi connectivity index (χ1n) is 6.03. The Hall–Kier alpha value is 0.310. The molecule has 0 aromatic heterocycles. The summed E-state index contributed by atoms with van der Waals surface area (Å²) in [6.45, 7) is 4.62. The van der Waals surface area contributed by atoms with Crippen molar-refractivity contribution in [1.82, 2.24) is 5.32 Å². The normalized spacial score (nSPS) is 21.4. The average molecular weight is 215 g/mol. The van der Waals surface area contributed by atoms with Crippen LogP contribution in [-0.4, -0.2) is 24.1 Å². The van der Waals surface area contributed by atoms with Gasteiger partial charge in [-0.05, 0) is 25.8 Å². The van der Waals surface area contributed by atoms with E-state index in [-0.39, 0.29) is 0 Å². The Morgan fingerprint density at radius 1 is 1.21 bits per heavy atom. The van der Waals surface area contributed by atoms with Gasteiger partial charge in [-0.3, -0.25) is 0 Å². The maximum atomic E-state index is 3.42. The summed E-state index contributed by atoms with van der Waals surface area (Å²) in [5.74, 6) is 2.05. The van der Waals surface area contributed by atoms with Crippen molar-refractivity contribution in [2.75, 3.05) is 12.8 Å². The maximum absolute atomic E-state index is 3.42. The molecule has 1 rings (SSSR count). The van der Waals surface area contributed by atoms with E-state index in [2.05, 4.69) is 38.0 Å². The van der Waals surface area contributed by atoms with Gasteiger partial charge in [0.15, 0.2) is 0 Å². The first-order valence-corrected chi connectivity index (χ1v) is 7.07. The van der Waals surface area contributed by atoms with Gasteiger partial charge in [-0.2, -0.15) is 11.8 Å². The molecular weight excluding hydrogens is 190 g/mol. The van der Waals surface area contributed by atoms with Gasteiger partial charge in [-0.15, -0.1) is 0 Å². The molecule has 1 unspecified atom stereocenters. The fourth-order valence-corrected chi connectivity index (χ4v) is 3.78. The Morgan fingerprint density at radius 3 is 2.36 bits per heavy atom. The van der Waals surface area contributed by atoms with Crippen molar-refractivity contribution in [2.45, 2.75) is 57.2 Å². The molecule has 0 aromatic carbocycles. The summed E-state index contributed by atoms with van der Waals surface area (Å²) >= 11 is 2.20. The van der Waals surface area contributed by atoms with E-state index in [4.69, 9.17) is 0 Å². The van der Waals surface area contributed by atoms with Crippen molar-refractivity contribution in [3.8, 4) is 0 Å². The Morgan fingerprint density at radius 2 is 1.86 bits per heavy atom. The molecule has 0 aliphatic heterocycles. The number of hydrogen-bond donors (Lipinski definition) is 1. The molecule has 0 saturated heterocycles. The topological polar surface area (TPSA) is 12.0 Å². The Bertz CT molecular complexity index is 141. The molecule has 2 heteroatoms. The molecule has 0 heterocycles. The second kappa shape index (κ2) is 6.73. The van der Waals surface area contributed by atoms with Crippen LogP contribution in [0.3, 0.4) is 0 Å². The highest BCUT2D eigenvalue weighted by Crippen LogP contribution is 2.29. The molecular formula is C12H25NS. The Kier molecular flexibility index (Phi) is 5.95. The number of rotatable bonds is 5. The molecule has 0 bridgehead atoms. The first-order chi connectivity index (χ1) is 6.74. The van der Waals surface area contributed by atoms with Gasteiger partial charge in [0.2, 0.25) is 0 Å². The molecule has 84 valence electrons. The lowest BCUT2D eigenvalue weighted by molar-refractivity contribution is 0.462. The van der Waals surface area contributed by atoms with Crippen molar-refractivity contribution in [3.05, 3.63) is 0 Å². The third kappa shape index (κ3) is 4.22.